The van der Waals surface area contributed by atoms with Gasteiger partial charge >= 0.3 is 0 Å². The average Bonchev–Trinajstić information content (AvgIpc) is 2.64. The van der Waals surface area contributed by atoms with Crippen molar-refractivity contribution in [3.63, 3.8) is 0 Å². The molecule has 5 heteroatoms. The largest absolute Gasteiger partial charge is 0.324 e. The van der Waals surface area contributed by atoms with Gasteiger partial charge in [0, 0.05) is 35.3 Å². The second-order valence-electron chi connectivity index (χ2n) is 3.59. The predicted molar refractivity (Wildman–Crippen MR) is 61.7 cm³/mol. The zero-order valence-electron chi connectivity index (χ0n) is 8.85. The topological polar surface area (TPSA) is 51.8 Å². The van der Waals surface area contributed by atoms with Gasteiger partial charge in [-0.25, -0.2) is 9.37 Å². The van der Waals surface area contributed by atoms with E-state index in [2.05, 4.69) is 9.97 Å². The summed E-state index contributed by atoms with van der Waals surface area (Å²) in [5.41, 5.74) is 7.40. The van der Waals surface area contributed by atoms with Crippen LogP contribution in [-0.2, 0) is 6.42 Å². The third kappa shape index (κ3) is 2.43. The van der Waals surface area contributed by atoms with E-state index in [-0.39, 0.29) is 11.9 Å². The number of pyridine rings is 1. The summed E-state index contributed by atoms with van der Waals surface area (Å²) in [6.45, 7) is 1.93. The van der Waals surface area contributed by atoms with Crippen molar-refractivity contribution in [3.8, 4) is 0 Å². The second kappa shape index (κ2) is 4.67. The molecule has 2 N–H and O–H groups in total. The molecule has 0 aromatic carbocycles. The highest BCUT2D eigenvalue weighted by Crippen LogP contribution is 2.20. The van der Waals surface area contributed by atoms with Crippen LogP contribution in [0.5, 0.6) is 0 Å². The molecule has 16 heavy (non-hydrogen) atoms. The van der Waals surface area contributed by atoms with Crippen LogP contribution < -0.4 is 5.73 Å². The first kappa shape index (κ1) is 11.2. The van der Waals surface area contributed by atoms with E-state index in [0.717, 1.165) is 10.7 Å². The standard InChI is InChI=1S/C11H12FN3S/c1-7-6-16-11(15-7)4-10(13)8-2-3-14-5-9(8)12/h2-3,5-6,10H,4,13H2,1H3. The maximum absolute atomic E-state index is 13.4. The van der Waals surface area contributed by atoms with Crippen LogP contribution in [0.4, 0.5) is 4.39 Å². The fourth-order valence-electron chi connectivity index (χ4n) is 1.48. The molecule has 3 nitrogen and oxygen atoms in total. The first-order chi connectivity index (χ1) is 7.66. The highest BCUT2D eigenvalue weighted by atomic mass is 32.1. The third-order valence-electron chi connectivity index (χ3n) is 2.26. The molecule has 2 heterocycles. The molecule has 2 aromatic heterocycles. The average molecular weight is 237 g/mol. The molecule has 0 aliphatic heterocycles. The number of hydrogen-bond acceptors (Lipinski definition) is 4. The number of thiazole rings is 1. The molecule has 0 fully saturated rings. The zero-order valence-corrected chi connectivity index (χ0v) is 9.67. The van der Waals surface area contributed by atoms with Crippen molar-refractivity contribution in [1.82, 2.24) is 9.97 Å². The Morgan fingerprint density at radius 3 is 3.00 bits per heavy atom. The van der Waals surface area contributed by atoms with Gasteiger partial charge in [-0.3, -0.25) is 4.98 Å². The molecule has 0 saturated carbocycles. The summed E-state index contributed by atoms with van der Waals surface area (Å²) in [6, 6.07) is 1.24. The molecule has 0 amide bonds. The van der Waals surface area contributed by atoms with Crippen LogP contribution >= 0.6 is 11.3 Å². The van der Waals surface area contributed by atoms with Crippen LogP contribution in [0.15, 0.2) is 23.8 Å². The second-order valence-corrected chi connectivity index (χ2v) is 4.53. The van der Waals surface area contributed by atoms with E-state index in [9.17, 15) is 4.39 Å². The highest BCUT2D eigenvalue weighted by molar-refractivity contribution is 7.09. The minimum absolute atomic E-state index is 0.358. The van der Waals surface area contributed by atoms with E-state index in [0.29, 0.717) is 12.0 Å². The number of rotatable bonds is 3. The van der Waals surface area contributed by atoms with Crippen LogP contribution in [-0.4, -0.2) is 9.97 Å². The van der Waals surface area contributed by atoms with Gasteiger partial charge in [-0.2, -0.15) is 0 Å². The van der Waals surface area contributed by atoms with Crippen LogP contribution in [0.1, 0.15) is 22.3 Å². The lowest BCUT2D eigenvalue weighted by molar-refractivity contribution is 0.574. The number of hydrogen-bond donors (Lipinski definition) is 1. The summed E-state index contributed by atoms with van der Waals surface area (Å²) < 4.78 is 13.4. The monoisotopic (exact) mass is 237 g/mol. The SMILES string of the molecule is Cc1csc(CC(N)c2ccncc2F)n1. The Morgan fingerprint density at radius 2 is 2.38 bits per heavy atom. The Balaban J connectivity index is 2.14. The maximum atomic E-state index is 13.4. The van der Waals surface area contributed by atoms with E-state index in [1.807, 2.05) is 12.3 Å². The molecular formula is C11H12FN3S. The van der Waals surface area contributed by atoms with Crippen molar-refractivity contribution in [2.45, 2.75) is 19.4 Å². The van der Waals surface area contributed by atoms with Crippen molar-refractivity contribution in [2.75, 3.05) is 0 Å². The Bertz CT molecular complexity index is 484. The van der Waals surface area contributed by atoms with Gasteiger partial charge in [0.2, 0.25) is 0 Å². The van der Waals surface area contributed by atoms with Gasteiger partial charge in [0.1, 0.15) is 5.82 Å². The Morgan fingerprint density at radius 1 is 1.56 bits per heavy atom. The Kier molecular flexibility index (Phi) is 3.26. The summed E-state index contributed by atoms with van der Waals surface area (Å²) >= 11 is 1.55. The van der Waals surface area contributed by atoms with Gasteiger partial charge < -0.3 is 5.73 Å². The number of aryl methyl sites for hydroxylation is 1. The lowest BCUT2D eigenvalue weighted by Gasteiger charge is -2.10. The summed E-state index contributed by atoms with van der Waals surface area (Å²) in [5, 5.41) is 2.89. The Labute approximate surface area is 97.2 Å². The third-order valence-corrected chi connectivity index (χ3v) is 3.25. The van der Waals surface area contributed by atoms with E-state index < -0.39 is 0 Å². The lowest BCUT2D eigenvalue weighted by Crippen LogP contribution is -2.15. The lowest BCUT2D eigenvalue weighted by atomic mass is 10.1. The summed E-state index contributed by atoms with van der Waals surface area (Å²) in [5.74, 6) is -0.358. The van der Waals surface area contributed by atoms with Crippen LogP contribution in [0.2, 0.25) is 0 Å². The molecule has 84 valence electrons. The van der Waals surface area contributed by atoms with Crippen LogP contribution in [0.3, 0.4) is 0 Å². The summed E-state index contributed by atoms with van der Waals surface area (Å²) in [6.07, 6.45) is 3.28. The number of aromatic nitrogens is 2. The van der Waals surface area contributed by atoms with Gasteiger partial charge in [0.15, 0.2) is 0 Å². The first-order valence-corrected chi connectivity index (χ1v) is 5.81. The molecular weight excluding hydrogens is 225 g/mol. The van der Waals surface area contributed by atoms with E-state index in [1.165, 1.54) is 6.20 Å². The number of nitrogens with two attached hydrogens (primary N) is 1. The minimum atomic E-state index is -0.367. The smallest absolute Gasteiger partial charge is 0.146 e. The molecule has 1 atom stereocenters. The van der Waals surface area contributed by atoms with E-state index in [4.69, 9.17) is 5.73 Å². The molecule has 0 radical (unpaired) electrons. The number of nitrogens with zero attached hydrogens (tertiary/aromatic N) is 2. The minimum Gasteiger partial charge on any atom is -0.324 e. The van der Waals surface area contributed by atoms with Gasteiger partial charge in [-0.15, -0.1) is 11.3 Å². The van der Waals surface area contributed by atoms with Gasteiger partial charge in [0.05, 0.1) is 11.2 Å². The summed E-state index contributed by atoms with van der Waals surface area (Å²) in [4.78, 5) is 8.00. The fourth-order valence-corrected chi connectivity index (χ4v) is 2.31. The predicted octanol–water partition coefficient (Wildman–Crippen LogP) is 2.23. The van der Waals surface area contributed by atoms with Gasteiger partial charge in [-0.1, -0.05) is 0 Å². The molecule has 0 saturated heterocycles. The van der Waals surface area contributed by atoms with Crippen LogP contribution in [0.25, 0.3) is 0 Å². The molecule has 2 aromatic rings. The van der Waals surface area contributed by atoms with Gasteiger partial charge in [0.25, 0.3) is 0 Å². The maximum Gasteiger partial charge on any atom is 0.146 e. The van der Waals surface area contributed by atoms with Crippen molar-refractivity contribution < 1.29 is 4.39 Å². The molecule has 0 aliphatic carbocycles. The molecule has 2 rings (SSSR count). The fraction of sp³-hybridized carbons (Fsp3) is 0.273. The normalized spacial score (nSPS) is 12.7. The van der Waals surface area contributed by atoms with E-state index >= 15 is 0 Å². The van der Waals surface area contributed by atoms with Crippen LogP contribution in [0, 0.1) is 12.7 Å². The van der Waals surface area contributed by atoms with Crippen molar-refractivity contribution in [2.24, 2.45) is 5.73 Å². The highest BCUT2D eigenvalue weighted by Gasteiger charge is 2.13. The quantitative estimate of drug-likeness (QED) is 0.890. The number of halogens is 1. The van der Waals surface area contributed by atoms with Gasteiger partial charge in [-0.05, 0) is 13.0 Å². The zero-order chi connectivity index (χ0) is 11.5. The van der Waals surface area contributed by atoms with Crippen molar-refractivity contribution in [3.05, 3.63) is 45.9 Å². The van der Waals surface area contributed by atoms with E-state index in [1.54, 1.807) is 23.6 Å². The first-order valence-electron chi connectivity index (χ1n) is 4.93. The van der Waals surface area contributed by atoms with Crippen molar-refractivity contribution >= 4 is 11.3 Å². The van der Waals surface area contributed by atoms with Crippen molar-refractivity contribution in [1.29, 1.82) is 0 Å². The molecule has 0 spiro atoms. The molecule has 0 aliphatic rings. The molecule has 1 unspecified atom stereocenters. The Hall–Kier alpha value is -1.33. The molecule has 0 bridgehead atoms. The summed E-state index contributed by atoms with van der Waals surface area (Å²) in [7, 11) is 0.